The highest BCUT2D eigenvalue weighted by molar-refractivity contribution is 5.96. The third kappa shape index (κ3) is 3.56. The number of rotatable bonds is 4. The zero-order valence-corrected chi connectivity index (χ0v) is 17.3. The fourth-order valence-electron chi connectivity index (χ4n) is 4.71. The molecular formula is C23H26N4O3. The lowest BCUT2D eigenvalue weighted by Gasteiger charge is -2.30. The smallest absolute Gasteiger partial charge is 0.253 e. The first-order chi connectivity index (χ1) is 14.4. The SMILES string of the molecule is CN(C)C(=O)[C@@]12CN(C(=O)Cc3cccnc3)C[C@@H]1CN(C(=O)c1ccccc1)C2. The van der Waals surface area contributed by atoms with Crippen molar-refractivity contribution in [3.8, 4) is 0 Å². The highest BCUT2D eigenvalue weighted by atomic mass is 16.2. The van der Waals surface area contributed by atoms with Gasteiger partial charge in [-0.2, -0.15) is 0 Å². The Bertz CT molecular complexity index is 947. The van der Waals surface area contributed by atoms with Crippen molar-refractivity contribution < 1.29 is 14.4 Å². The van der Waals surface area contributed by atoms with Crippen molar-refractivity contribution in [3.63, 3.8) is 0 Å². The minimum atomic E-state index is -0.751. The molecule has 0 saturated carbocycles. The van der Waals surface area contributed by atoms with Gasteiger partial charge in [0.15, 0.2) is 0 Å². The number of aromatic nitrogens is 1. The van der Waals surface area contributed by atoms with Crippen LogP contribution >= 0.6 is 0 Å². The summed E-state index contributed by atoms with van der Waals surface area (Å²) in [4.78, 5) is 48.3. The normalized spacial score (nSPS) is 22.7. The van der Waals surface area contributed by atoms with E-state index in [1.807, 2.05) is 30.3 Å². The predicted molar refractivity (Wildman–Crippen MR) is 111 cm³/mol. The molecule has 4 rings (SSSR count). The predicted octanol–water partition coefficient (Wildman–Crippen LogP) is 1.31. The Morgan fingerprint density at radius 3 is 2.40 bits per heavy atom. The van der Waals surface area contributed by atoms with Crippen LogP contribution in [0.4, 0.5) is 0 Å². The van der Waals surface area contributed by atoms with Crippen molar-refractivity contribution in [2.24, 2.45) is 11.3 Å². The summed E-state index contributed by atoms with van der Waals surface area (Å²) in [6.45, 7) is 1.63. The highest BCUT2D eigenvalue weighted by Crippen LogP contribution is 2.44. The van der Waals surface area contributed by atoms with Crippen LogP contribution in [0, 0.1) is 11.3 Å². The number of pyridine rings is 1. The summed E-state index contributed by atoms with van der Waals surface area (Å²) >= 11 is 0. The van der Waals surface area contributed by atoms with Gasteiger partial charge in [0.25, 0.3) is 5.91 Å². The van der Waals surface area contributed by atoms with Gasteiger partial charge in [0.05, 0.1) is 11.8 Å². The summed E-state index contributed by atoms with van der Waals surface area (Å²) in [5, 5.41) is 0. The van der Waals surface area contributed by atoms with Gasteiger partial charge in [-0.25, -0.2) is 0 Å². The van der Waals surface area contributed by atoms with Gasteiger partial charge >= 0.3 is 0 Å². The van der Waals surface area contributed by atoms with Crippen LogP contribution in [0.25, 0.3) is 0 Å². The Morgan fingerprint density at radius 1 is 1.03 bits per heavy atom. The molecule has 0 unspecified atom stereocenters. The second-order valence-corrected chi connectivity index (χ2v) is 8.42. The Hall–Kier alpha value is -3.22. The van der Waals surface area contributed by atoms with Crippen LogP contribution < -0.4 is 0 Å². The standard InChI is InChI=1S/C23H26N4O3/c1-25(2)22(30)23-15-26(20(28)11-17-7-6-10-24-12-17)13-19(23)14-27(16-23)21(29)18-8-4-3-5-9-18/h3-10,12,19H,11,13-16H2,1-2H3/t19-,23-/m1/s1. The van der Waals surface area contributed by atoms with E-state index in [1.165, 1.54) is 0 Å². The van der Waals surface area contributed by atoms with E-state index in [-0.39, 0.29) is 30.1 Å². The zero-order chi connectivity index (χ0) is 21.3. The minimum Gasteiger partial charge on any atom is -0.348 e. The molecule has 0 bridgehead atoms. The molecule has 1 aromatic heterocycles. The highest BCUT2D eigenvalue weighted by Gasteiger charge is 2.59. The maximum atomic E-state index is 13.2. The van der Waals surface area contributed by atoms with Gasteiger partial charge in [0, 0.05) is 64.1 Å². The number of fused-ring (bicyclic) bond motifs is 1. The van der Waals surface area contributed by atoms with Crippen LogP contribution in [-0.4, -0.2) is 77.7 Å². The Balaban J connectivity index is 1.54. The molecular weight excluding hydrogens is 380 g/mol. The second kappa shape index (κ2) is 7.89. The third-order valence-corrected chi connectivity index (χ3v) is 6.18. The molecule has 0 radical (unpaired) electrons. The average Bonchev–Trinajstić information content (AvgIpc) is 3.29. The van der Waals surface area contributed by atoms with Crippen LogP contribution in [0.3, 0.4) is 0 Å². The maximum absolute atomic E-state index is 13.2. The van der Waals surface area contributed by atoms with E-state index in [0.717, 1.165) is 5.56 Å². The van der Waals surface area contributed by atoms with Gasteiger partial charge in [0.2, 0.25) is 11.8 Å². The van der Waals surface area contributed by atoms with Gasteiger partial charge < -0.3 is 14.7 Å². The molecule has 2 aliphatic heterocycles. The van der Waals surface area contributed by atoms with E-state index in [2.05, 4.69) is 4.98 Å². The molecule has 2 atom stereocenters. The van der Waals surface area contributed by atoms with E-state index in [0.29, 0.717) is 31.7 Å². The molecule has 1 aromatic carbocycles. The molecule has 2 aromatic rings. The molecule has 156 valence electrons. The van der Waals surface area contributed by atoms with E-state index in [1.54, 1.807) is 53.3 Å². The fraction of sp³-hybridized carbons (Fsp3) is 0.391. The number of hydrogen-bond donors (Lipinski definition) is 0. The number of amides is 3. The van der Waals surface area contributed by atoms with Crippen LogP contribution in [0.2, 0.25) is 0 Å². The van der Waals surface area contributed by atoms with E-state index >= 15 is 0 Å². The minimum absolute atomic E-state index is 0.00994. The van der Waals surface area contributed by atoms with Crippen molar-refractivity contribution in [1.29, 1.82) is 0 Å². The van der Waals surface area contributed by atoms with Crippen molar-refractivity contribution in [2.75, 3.05) is 40.3 Å². The molecule has 3 heterocycles. The van der Waals surface area contributed by atoms with Gasteiger partial charge in [-0.1, -0.05) is 24.3 Å². The lowest BCUT2D eigenvalue weighted by atomic mass is 9.80. The lowest BCUT2D eigenvalue weighted by Crippen LogP contribution is -2.48. The Labute approximate surface area is 176 Å². The quantitative estimate of drug-likeness (QED) is 0.768. The molecule has 3 amide bonds. The van der Waals surface area contributed by atoms with Crippen LogP contribution in [0.5, 0.6) is 0 Å². The van der Waals surface area contributed by atoms with Crippen molar-refractivity contribution >= 4 is 17.7 Å². The molecule has 7 heteroatoms. The topological polar surface area (TPSA) is 73.8 Å². The van der Waals surface area contributed by atoms with Crippen LogP contribution in [-0.2, 0) is 16.0 Å². The monoisotopic (exact) mass is 406 g/mol. The number of carbonyl (C=O) groups is 3. The summed E-state index contributed by atoms with van der Waals surface area (Å²) in [6, 6.07) is 12.8. The van der Waals surface area contributed by atoms with Crippen molar-refractivity contribution in [2.45, 2.75) is 6.42 Å². The number of hydrogen-bond acceptors (Lipinski definition) is 4. The summed E-state index contributed by atoms with van der Waals surface area (Å²) < 4.78 is 0. The summed E-state index contributed by atoms with van der Waals surface area (Å²) in [7, 11) is 3.46. The van der Waals surface area contributed by atoms with Gasteiger partial charge in [-0.15, -0.1) is 0 Å². The lowest BCUT2D eigenvalue weighted by molar-refractivity contribution is -0.140. The van der Waals surface area contributed by atoms with Gasteiger partial charge in [-0.3, -0.25) is 19.4 Å². The van der Waals surface area contributed by atoms with Crippen LogP contribution in [0.1, 0.15) is 15.9 Å². The average molecular weight is 406 g/mol. The maximum Gasteiger partial charge on any atom is 0.253 e. The first kappa shape index (κ1) is 20.1. The van der Waals surface area contributed by atoms with E-state index < -0.39 is 5.41 Å². The largest absolute Gasteiger partial charge is 0.348 e. The zero-order valence-electron chi connectivity index (χ0n) is 17.3. The number of likely N-dealkylation sites (tertiary alicyclic amines) is 2. The molecule has 0 N–H and O–H groups in total. The first-order valence-corrected chi connectivity index (χ1v) is 10.1. The van der Waals surface area contributed by atoms with Gasteiger partial charge in [-0.05, 0) is 23.8 Å². The fourth-order valence-corrected chi connectivity index (χ4v) is 4.71. The number of carbonyl (C=O) groups excluding carboxylic acids is 3. The summed E-state index contributed by atoms with van der Waals surface area (Å²) in [5.74, 6) is -0.168. The van der Waals surface area contributed by atoms with E-state index in [9.17, 15) is 14.4 Å². The van der Waals surface area contributed by atoms with Gasteiger partial charge in [0.1, 0.15) is 0 Å². The number of benzene rings is 1. The molecule has 2 fully saturated rings. The molecule has 0 aliphatic carbocycles. The Kier molecular flexibility index (Phi) is 5.28. The van der Waals surface area contributed by atoms with Crippen molar-refractivity contribution in [1.82, 2.24) is 19.7 Å². The van der Waals surface area contributed by atoms with E-state index in [4.69, 9.17) is 0 Å². The molecule has 7 nitrogen and oxygen atoms in total. The first-order valence-electron chi connectivity index (χ1n) is 10.1. The number of nitrogens with zero attached hydrogens (tertiary/aromatic N) is 4. The third-order valence-electron chi connectivity index (χ3n) is 6.18. The second-order valence-electron chi connectivity index (χ2n) is 8.42. The molecule has 2 aliphatic rings. The summed E-state index contributed by atoms with van der Waals surface area (Å²) in [6.07, 6.45) is 3.63. The molecule has 30 heavy (non-hydrogen) atoms. The summed E-state index contributed by atoms with van der Waals surface area (Å²) in [5.41, 5.74) is 0.723. The molecule has 0 spiro atoms. The Morgan fingerprint density at radius 2 is 1.73 bits per heavy atom. The molecule has 2 saturated heterocycles. The van der Waals surface area contributed by atoms with Crippen molar-refractivity contribution in [3.05, 3.63) is 66.0 Å². The van der Waals surface area contributed by atoms with Crippen LogP contribution in [0.15, 0.2) is 54.9 Å².